The highest BCUT2D eigenvalue weighted by Gasteiger charge is 2.37. The van der Waals surface area contributed by atoms with Crippen molar-refractivity contribution in [2.45, 2.75) is 19.3 Å². The van der Waals surface area contributed by atoms with Gasteiger partial charge in [-0.3, -0.25) is 0 Å². The maximum absolute atomic E-state index is 5.28. The molecule has 0 saturated carbocycles. The van der Waals surface area contributed by atoms with Crippen LogP contribution in [0.1, 0.15) is 25.0 Å². The molecule has 0 unspecified atom stereocenters. The molecule has 0 radical (unpaired) electrons. The fourth-order valence-corrected chi connectivity index (χ4v) is 8.30. The van der Waals surface area contributed by atoms with Crippen molar-refractivity contribution in [1.82, 2.24) is 9.97 Å². The fraction of sp³-hybridized carbons (Fsp3) is 0.0732. The first kappa shape index (κ1) is 25.4. The molecule has 0 fully saturated rings. The summed E-state index contributed by atoms with van der Waals surface area (Å²) in [5.74, 6) is 0.741. The van der Waals surface area contributed by atoms with Gasteiger partial charge in [0, 0.05) is 42.3 Å². The van der Waals surface area contributed by atoms with Crippen molar-refractivity contribution in [3.8, 4) is 45.0 Å². The van der Waals surface area contributed by atoms with Crippen LogP contribution in [0.3, 0.4) is 0 Å². The van der Waals surface area contributed by atoms with Crippen molar-refractivity contribution in [2.24, 2.45) is 0 Å². The molecule has 9 rings (SSSR count). The van der Waals surface area contributed by atoms with Gasteiger partial charge in [-0.05, 0) is 57.3 Å². The lowest BCUT2D eigenvalue weighted by atomic mass is 9.81. The van der Waals surface area contributed by atoms with Gasteiger partial charge < -0.3 is 0 Å². The molecule has 0 bridgehead atoms. The smallest absolute Gasteiger partial charge is 0.160 e. The Morgan fingerprint density at radius 2 is 1.18 bits per heavy atom. The zero-order valence-electron chi connectivity index (χ0n) is 24.5. The van der Waals surface area contributed by atoms with Gasteiger partial charge in [-0.1, -0.05) is 123 Å². The lowest BCUT2D eigenvalue weighted by Gasteiger charge is -2.22. The van der Waals surface area contributed by atoms with Crippen LogP contribution in [0.5, 0.6) is 0 Å². The summed E-state index contributed by atoms with van der Waals surface area (Å²) in [6.45, 7) is 4.69. The predicted molar refractivity (Wildman–Crippen MR) is 186 cm³/mol. The second kappa shape index (κ2) is 9.44. The summed E-state index contributed by atoms with van der Waals surface area (Å²) in [5.41, 5.74) is 10.4. The summed E-state index contributed by atoms with van der Waals surface area (Å²) in [6, 6.07) is 48.0. The summed E-state index contributed by atoms with van der Waals surface area (Å²) in [5, 5.41) is 5.10. The molecule has 6 aromatic carbocycles. The molecule has 2 nitrogen and oxygen atoms in total. The van der Waals surface area contributed by atoms with Crippen LogP contribution in [0, 0.1) is 0 Å². The van der Waals surface area contributed by atoms with E-state index < -0.39 is 0 Å². The molecule has 2 heterocycles. The molecular formula is C41H28N2S. The van der Waals surface area contributed by atoms with E-state index in [2.05, 4.69) is 141 Å². The second-order valence-corrected chi connectivity index (χ2v) is 13.3. The molecule has 208 valence electrons. The molecule has 0 saturated heterocycles. The quantitative estimate of drug-likeness (QED) is 0.208. The Morgan fingerprint density at radius 3 is 2.02 bits per heavy atom. The van der Waals surface area contributed by atoms with Gasteiger partial charge in [0.1, 0.15) is 0 Å². The topological polar surface area (TPSA) is 25.8 Å². The number of hydrogen-bond acceptors (Lipinski definition) is 3. The van der Waals surface area contributed by atoms with Crippen LogP contribution in [-0.4, -0.2) is 9.97 Å². The highest BCUT2D eigenvalue weighted by Crippen LogP contribution is 2.53. The van der Waals surface area contributed by atoms with Crippen LogP contribution in [0.25, 0.3) is 76.0 Å². The summed E-state index contributed by atoms with van der Waals surface area (Å²) >= 11 is 1.84. The number of hydrogen-bond donors (Lipinski definition) is 0. The van der Waals surface area contributed by atoms with Gasteiger partial charge in [0.25, 0.3) is 0 Å². The molecule has 0 amide bonds. The molecule has 0 N–H and O–H groups in total. The van der Waals surface area contributed by atoms with Crippen molar-refractivity contribution in [1.29, 1.82) is 0 Å². The first-order valence-corrected chi connectivity index (χ1v) is 15.9. The van der Waals surface area contributed by atoms with Crippen LogP contribution < -0.4 is 0 Å². The molecule has 0 atom stereocenters. The van der Waals surface area contributed by atoms with E-state index in [0.29, 0.717) is 0 Å². The van der Waals surface area contributed by atoms with Gasteiger partial charge in [-0.25, -0.2) is 9.97 Å². The van der Waals surface area contributed by atoms with Crippen molar-refractivity contribution in [2.75, 3.05) is 0 Å². The number of nitrogens with zero attached hydrogens (tertiary/aromatic N) is 2. The number of fused-ring (bicyclic) bond motifs is 7. The normalized spacial score (nSPS) is 13.4. The van der Waals surface area contributed by atoms with Gasteiger partial charge in [0.15, 0.2) is 5.82 Å². The zero-order chi connectivity index (χ0) is 29.4. The second-order valence-electron chi connectivity index (χ2n) is 12.2. The number of thiophene rings is 1. The number of benzene rings is 6. The van der Waals surface area contributed by atoms with Crippen LogP contribution >= 0.6 is 11.3 Å². The predicted octanol–water partition coefficient (Wildman–Crippen LogP) is 11.3. The minimum Gasteiger partial charge on any atom is -0.228 e. The van der Waals surface area contributed by atoms with Gasteiger partial charge in [-0.15, -0.1) is 11.3 Å². The van der Waals surface area contributed by atoms with E-state index in [1.54, 1.807) is 0 Å². The fourth-order valence-electron chi connectivity index (χ4n) is 7.07. The minimum absolute atomic E-state index is 0.120. The summed E-state index contributed by atoms with van der Waals surface area (Å²) < 4.78 is 2.55. The van der Waals surface area contributed by atoms with Crippen molar-refractivity contribution in [3.63, 3.8) is 0 Å². The van der Waals surface area contributed by atoms with Gasteiger partial charge in [0.05, 0.1) is 11.4 Å². The zero-order valence-corrected chi connectivity index (χ0v) is 25.3. The van der Waals surface area contributed by atoms with Crippen LogP contribution in [0.2, 0.25) is 0 Å². The highest BCUT2D eigenvalue weighted by atomic mass is 32.1. The van der Waals surface area contributed by atoms with Crippen LogP contribution in [-0.2, 0) is 5.41 Å². The highest BCUT2D eigenvalue weighted by molar-refractivity contribution is 7.26. The third kappa shape index (κ3) is 3.73. The molecule has 1 aliphatic carbocycles. The van der Waals surface area contributed by atoms with Crippen molar-refractivity contribution in [3.05, 3.63) is 145 Å². The SMILES string of the molecule is CC1(C)c2cc3ccccc3cc2-c2c(-c3cc(-c4cccc5c4sc4ccccc45)nc(-c4ccccc4)n3)cccc21. The molecular weight excluding hydrogens is 553 g/mol. The molecule has 2 aromatic heterocycles. The van der Waals surface area contributed by atoms with E-state index in [4.69, 9.17) is 9.97 Å². The monoisotopic (exact) mass is 580 g/mol. The average molecular weight is 581 g/mol. The average Bonchev–Trinajstić information content (AvgIpc) is 3.56. The Labute approximate surface area is 260 Å². The summed E-state index contributed by atoms with van der Waals surface area (Å²) in [6.07, 6.45) is 0. The Kier molecular flexibility index (Phi) is 5.45. The van der Waals surface area contributed by atoms with E-state index in [1.807, 2.05) is 17.4 Å². The maximum atomic E-state index is 5.28. The third-order valence-corrected chi connectivity index (χ3v) is 10.5. The first-order valence-electron chi connectivity index (χ1n) is 15.1. The van der Waals surface area contributed by atoms with Crippen molar-refractivity contribution < 1.29 is 0 Å². The summed E-state index contributed by atoms with van der Waals surface area (Å²) in [4.78, 5) is 10.5. The molecule has 0 aliphatic heterocycles. The maximum Gasteiger partial charge on any atom is 0.160 e. The number of aromatic nitrogens is 2. The molecule has 8 aromatic rings. The third-order valence-electron chi connectivity index (χ3n) is 9.28. The molecule has 44 heavy (non-hydrogen) atoms. The Balaban J connectivity index is 1.33. The van der Waals surface area contributed by atoms with E-state index in [-0.39, 0.29) is 5.41 Å². The van der Waals surface area contributed by atoms with Crippen molar-refractivity contribution >= 4 is 42.3 Å². The standard InChI is InChI=1S/C41H28N2S/c1-41(2)33-20-11-18-30(38(33)32-22-26-14-6-7-15-27(26)23-34(32)41)35-24-36(43-40(42-35)25-12-4-3-5-13-25)31-19-10-17-29-28-16-8-9-21-37(28)44-39(29)31/h3-24H,1-2H3. The van der Waals surface area contributed by atoms with E-state index in [1.165, 1.54) is 53.2 Å². The molecule has 1 aliphatic rings. The summed E-state index contributed by atoms with van der Waals surface area (Å²) in [7, 11) is 0. The van der Waals surface area contributed by atoms with Gasteiger partial charge in [0.2, 0.25) is 0 Å². The Morgan fingerprint density at radius 1 is 0.523 bits per heavy atom. The van der Waals surface area contributed by atoms with Gasteiger partial charge in [-0.2, -0.15) is 0 Å². The molecule has 3 heteroatoms. The van der Waals surface area contributed by atoms with E-state index in [9.17, 15) is 0 Å². The van der Waals surface area contributed by atoms with E-state index >= 15 is 0 Å². The van der Waals surface area contributed by atoms with Crippen LogP contribution in [0.15, 0.2) is 133 Å². The largest absolute Gasteiger partial charge is 0.228 e. The Hall–Kier alpha value is -5.12. The number of rotatable bonds is 3. The van der Waals surface area contributed by atoms with Gasteiger partial charge >= 0.3 is 0 Å². The Bertz CT molecular complexity index is 2420. The minimum atomic E-state index is -0.120. The van der Waals surface area contributed by atoms with E-state index in [0.717, 1.165) is 33.9 Å². The lowest BCUT2D eigenvalue weighted by molar-refractivity contribution is 0.661. The molecule has 0 spiro atoms. The first-order chi connectivity index (χ1) is 21.6. The van der Waals surface area contributed by atoms with Crippen LogP contribution in [0.4, 0.5) is 0 Å². The lowest BCUT2D eigenvalue weighted by Crippen LogP contribution is -2.14.